The van der Waals surface area contributed by atoms with Gasteiger partial charge in [0.1, 0.15) is 5.75 Å². The van der Waals surface area contributed by atoms with Gasteiger partial charge >= 0.3 is 5.97 Å². The second-order valence-electron chi connectivity index (χ2n) is 5.99. The number of carbonyl (C=O) groups excluding carboxylic acids is 1. The Kier molecular flexibility index (Phi) is 3.27. The number of rotatable bonds is 2. The monoisotopic (exact) mass is 261 g/mol. The van der Waals surface area contributed by atoms with Crippen LogP contribution in [0, 0.1) is 12.3 Å². The van der Waals surface area contributed by atoms with Crippen LogP contribution >= 0.6 is 0 Å². The minimum atomic E-state index is -0.357. The van der Waals surface area contributed by atoms with E-state index in [1.165, 1.54) is 0 Å². The summed E-state index contributed by atoms with van der Waals surface area (Å²) in [6.45, 7) is 8.21. The van der Waals surface area contributed by atoms with E-state index in [9.17, 15) is 9.90 Å². The number of aromatic nitrogens is 1. The van der Waals surface area contributed by atoms with E-state index in [2.05, 4.69) is 4.98 Å². The smallest absolute Gasteiger partial charge is 0.340 e. The van der Waals surface area contributed by atoms with Crippen LogP contribution in [0.25, 0.3) is 10.9 Å². The molecule has 1 aromatic carbocycles. The fraction of sp³-hybridized carbons (Fsp3) is 0.400. The summed E-state index contributed by atoms with van der Waals surface area (Å²) in [7, 11) is 0. The van der Waals surface area contributed by atoms with Crippen molar-refractivity contribution in [3.8, 4) is 5.75 Å². The third-order valence-electron chi connectivity index (χ3n) is 2.81. The van der Waals surface area contributed by atoms with Crippen LogP contribution in [0.2, 0.25) is 0 Å². The zero-order valence-electron chi connectivity index (χ0n) is 11.7. The molecule has 0 aliphatic rings. The molecule has 0 aliphatic heterocycles. The molecule has 1 heterocycles. The zero-order valence-corrected chi connectivity index (χ0v) is 11.7. The number of aryl methyl sites for hydroxylation is 1. The minimum Gasteiger partial charge on any atom is -0.508 e. The first-order valence-electron chi connectivity index (χ1n) is 6.26. The summed E-state index contributed by atoms with van der Waals surface area (Å²) in [6, 6.07) is 4.91. The number of phenolic OH excluding ortho intramolecular Hbond substituents is 1. The van der Waals surface area contributed by atoms with Gasteiger partial charge in [-0.05, 0) is 30.5 Å². The molecule has 0 radical (unpaired) electrons. The molecule has 0 atom stereocenters. The van der Waals surface area contributed by atoms with Crippen molar-refractivity contribution >= 4 is 16.9 Å². The van der Waals surface area contributed by atoms with Crippen molar-refractivity contribution in [3.05, 3.63) is 29.5 Å². The van der Waals surface area contributed by atoms with Gasteiger partial charge in [-0.1, -0.05) is 20.8 Å². The van der Waals surface area contributed by atoms with Crippen molar-refractivity contribution in [2.75, 3.05) is 6.61 Å². The molecule has 4 nitrogen and oxygen atoms in total. The van der Waals surface area contributed by atoms with E-state index in [1.807, 2.05) is 27.7 Å². The second kappa shape index (κ2) is 4.61. The number of phenols is 1. The molecule has 0 saturated carbocycles. The minimum absolute atomic E-state index is 0.0716. The number of ether oxygens (including phenoxy) is 1. The molecule has 2 aromatic rings. The molecule has 2 rings (SSSR count). The van der Waals surface area contributed by atoms with Crippen LogP contribution in [0.3, 0.4) is 0 Å². The Morgan fingerprint density at radius 1 is 1.37 bits per heavy atom. The van der Waals surface area contributed by atoms with Crippen LogP contribution < -0.4 is 0 Å². The third kappa shape index (κ3) is 2.89. The highest BCUT2D eigenvalue weighted by molar-refractivity contribution is 6.05. The largest absolute Gasteiger partial charge is 0.508 e. The van der Waals surface area contributed by atoms with E-state index in [1.54, 1.807) is 18.2 Å². The van der Waals surface area contributed by atoms with Crippen LogP contribution in [0.15, 0.2) is 18.2 Å². The maximum atomic E-state index is 12.2. The summed E-state index contributed by atoms with van der Waals surface area (Å²) in [5, 5.41) is 10.2. The lowest BCUT2D eigenvalue weighted by atomic mass is 9.99. The van der Waals surface area contributed by atoms with Crippen LogP contribution in [0.5, 0.6) is 5.75 Å². The molecule has 4 heteroatoms. The topological polar surface area (TPSA) is 62.3 Å². The Morgan fingerprint density at radius 2 is 2.05 bits per heavy atom. The number of carbonyl (C=O) groups is 1. The molecule has 102 valence electrons. The SMILES string of the molecule is Cc1[nH]c2ccc(O)cc2c1C(=O)OCC(C)(C)C. The predicted molar refractivity (Wildman–Crippen MR) is 74.4 cm³/mol. The summed E-state index contributed by atoms with van der Waals surface area (Å²) in [5.41, 5.74) is 1.99. The van der Waals surface area contributed by atoms with E-state index in [4.69, 9.17) is 4.74 Å². The predicted octanol–water partition coefficient (Wildman–Crippen LogP) is 3.38. The van der Waals surface area contributed by atoms with Crippen molar-refractivity contribution in [1.82, 2.24) is 4.98 Å². The van der Waals surface area contributed by atoms with Crippen LogP contribution in [-0.4, -0.2) is 22.7 Å². The van der Waals surface area contributed by atoms with Gasteiger partial charge in [-0.15, -0.1) is 0 Å². The van der Waals surface area contributed by atoms with E-state index < -0.39 is 0 Å². The molecule has 2 N–H and O–H groups in total. The highest BCUT2D eigenvalue weighted by atomic mass is 16.5. The number of aromatic amines is 1. The average molecular weight is 261 g/mol. The van der Waals surface area contributed by atoms with Gasteiger partial charge in [0, 0.05) is 16.6 Å². The van der Waals surface area contributed by atoms with Gasteiger partial charge in [0.2, 0.25) is 0 Å². The number of hydrogen-bond acceptors (Lipinski definition) is 3. The highest BCUT2D eigenvalue weighted by Crippen LogP contribution is 2.27. The Hall–Kier alpha value is -1.97. The van der Waals surface area contributed by atoms with Gasteiger partial charge in [0.15, 0.2) is 0 Å². The van der Waals surface area contributed by atoms with Gasteiger partial charge < -0.3 is 14.8 Å². The van der Waals surface area contributed by atoms with Gasteiger partial charge in [-0.2, -0.15) is 0 Å². The first kappa shape index (κ1) is 13.5. The average Bonchev–Trinajstić information content (AvgIpc) is 2.60. The van der Waals surface area contributed by atoms with Crippen LogP contribution in [0.4, 0.5) is 0 Å². The Labute approximate surface area is 112 Å². The zero-order chi connectivity index (χ0) is 14.2. The fourth-order valence-electron chi connectivity index (χ4n) is 1.93. The molecule has 0 fully saturated rings. The number of H-pyrrole nitrogens is 1. The number of esters is 1. The molecule has 0 saturated heterocycles. The summed E-state index contributed by atoms with van der Waals surface area (Å²) in [5.74, 6) is -0.222. The quantitative estimate of drug-likeness (QED) is 0.814. The summed E-state index contributed by atoms with van der Waals surface area (Å²) in [4.78, 5) is 15.3. The maximum absolute atomic E-state index is 12.2. The molecule has 0 bridgehead atoms. The van der Waals surface area contributed by atoms with Crippen molar-refractivity contribution < 1.29 is 14.6 Å². The molecule has 0 aliphatic carbocycles. The van der Waals surface area contributed by atoms with E-state index in [0.717, 1.165) is 11.2 Å². The molecule has 0 unspecified atom stereocenters. The van der Waals surface area contributed by atoms with E-state index >= 15 is 0 Å². The summed E-state index contributed by atoms with van der Waals surface area (Å²) in [6.07, 6.45) is 0. The van der Waals surface area contributed by atoms with Gasteiger partial charge in [0.25, 0.3) is 0 Å². The lowest BCUT2D eigenvalue weighted by molar-refractivity contribution is 0.0368. The number of fused-ring (bicyclic) bond motifs is 1. The lowest BCUT2D eigenvalue weighted by Gasteiger charge is -2.17. The second-order valence-corrected chi connectivity index (χ2v) is 5.99. The van der Waals surface area contributed by atoms with Crippen molar-refractivity contribution in [3.63, 3.8) is 0 Å². The Morgan fingerprint density at radius 3 is 2.68 bits per heavy atom. The summed E-state index contributed by atoms with van der Waals surface area (Å²) < 4.78 is 5.34. The first-order chi connectivity index (χ1) is 8.78. The van der Waals surface area contributed by atoms with Crippen molar-refractivity contribution in [1.29, 1.82) is 0 Å². The Balaban J connectivity index is 2.36. The van der Waals surface area contributed by atoms with Crippen molar-refractivity contribution in [2.24, 2.45) is 5.41 Å². The molecule has 0 amide bonds. The third-order valence-corrected chi connectivity index (χ3v) is 2.81. The normalized spacial score (nSPS) is 11.8. The maximum Gasteiger partial charge on any atom is 0.340 e. The molecule has 1 aromatic heterocycles. The van der Waals surface area contributed by atoms with E-state index in [0.29, 0.717) is 17.6 Å². The van der Waals surface area contributed by atoms with E-state index in [-0.39, 0.29) is 17.1 Å². The summed E-state index contributed by atoms with van der Waals surface area (Å²) >= 11 is 0. The van der Waals surface area contributed by atoms with Crippen LogP contribution in [-0.2, 0) is 4.74 Å². The standard InChI is InChI=1S/C15H19NO3/c1-9-13(14(18)19-8-15(2,3)4)11-7-10(17)5-6-12(11)16-9/h5-7,16-17H,8H2,1-4H3. The molecule has 0 spiro atoms. The van der Waals surface area contributed by atoms with Gasteiger partial charge in [-0.25, -0.2) is 4.79 Å². The number of aromatic hydroxyl groups is 1. The van der Waals surface area contributed by atoms with Gasteiger partial charge in [-0.3, -0.25) is 0 Å². The Bertz CT molecular complexity index is 620. The first-order valence-corrected chi connectivity index (χ1v) is 6.26. The molecular weight excluding hydrogens is 242 g/mol. The number of hydrogen-bond donors (Lipinski definition) is 2. The fourth-order valence-corrected chi connectivity index (χ4v) is 1.93. The highest BCUT2D eigenvalue weighted by Gasteiger charge is 2.20. The van der Waals surface area contributed by atoms with Gasteiger partial charge in [0.05, 0.1) is 12.2 Å². The van der Waals surface area contributed by atoms with Crippen LogP contribution in [0.1, 0.15) is 36.8 Å². The van der Waals surface area contributed by atoms with Crippen molar-refractivity contribution in [2.45, 2.75) is 27.7 Å². The molecule has 19 heavy (non-hydrogen) atoms. The molecular formula is C15H19NO3. The number of nitrogens with one attached hydrogen (secondary N) is 1. The number of benzene rings is 1. The lowest BCUT2D eigenvalue weighted by Crippen LogP contribution is -2.18.